The summed E-state index contributed by atoms with van der Waals surface area (Å²) in [6.07, 6.45) is 9.07. The summed E-state index contributed by atoms with van der Waals surface area (Å²) in [4.78, 5) is 11.5. The Kier molecular flexibility index (Phi) is 4.74. The van der Waals surface area contributed by atoms with E-state index < -0.39 is 0 Å². The normalized spacial score (nSPS) is 19.4. The van der Waals surface area contributed by atoms with Gasteiger partial charge in [0.1, 0.15) is 5.78 Å². The summed E-state index contributed by atoms with van der Waals surface area (Å²) >= 11 is 1.77. The Labute approximate surface area is 79.3 Å². The number of thioether (sulfide) groups is 1. The Bertz CT molecular complexity index is 139. The van der Waals surface area contributed by atoms with Crippen molar-refractivity contribution in [2.24, 2.45) is 5.92 Å². The molecule has 0 N–H and O–H groups in total. The molecule has 0 radical (unpaired) electrons. The van der Waals surface area contributed by atoms with E-state index in [1.807, 2.05) is 0 Å². The summed E-state index contributed by atoms with van der Waals surface area (Å²) in [5.74, 6) is 1.95. The Morgan fingerprint density at radius 3 is 2.58 bits per heavy atom. The van der Waals surface area contributed by atoms with E-state index in [0.717, 1.165) is 25.0 Å². The third-order valence-electron chi connectivity index (χ3n) is 2.61. The number of Topliss-reactive ketones (excluding diaryl/α,β-unsaturated/α-hetero) is 1. The van der Waals surface area contributed by atoms with Crippen LogP contribution in [-0.4, -0.2) is 17.8 Å². The van der Waals surface area contributed by atoms with Crippen molar-refractivity contribution in [2.45, 2.75) is 38.5 Å². The Hall–Kier alpha value is 0.0200. The first-order chi connectivity index (χ1) is 5.84. The monoisotopic (exact) mass is 186 g/mol. The van der Waals surface area contributed by atoms with Gasteiger partial charge < -0.3 is 0 Å². The average molecular weight is 186 g/mol. The minimum atomic E-state index is 0.422. The molecular weight excluding hydrogens is 168 g/mol. The molecule has 1 fully saturated rings. The van der Waals surface area contributed by atoms with E-state index in [2.05, 4.69) is 6.26 Å². The molecule has 1 saturated carbocycles. The summed E-state index contributed by atoms with van der Waals surface area (Å²) in [7, 11) is 0. The fourth-order valence-corrected chi connectivity index (χ4v) is 2.24. The summed E-state index contributed by atoms with van der Waals surface area (Å²) in [5, 5.41) is 0. The molecule has 1 nitrogen and oxygen atoms in total. The second-order valence-electron chi connectivity index (χ2n) is 3.54. The number of hydrogen-bond donors (Lipinski definition) is 0. The van der Waals surface area contributed by atoms with Crippen LogP contribution in [0.1, 0.15) is 38.5 Å². The van der Waals surface area contributed by atoms with E-state index in [0.29, 0.717) is 11.7 Å². The lowest BCUT2D eigenvalue weighted by Gasteiger charge is -2.19. The van der Waals surface area contributed by atoms with Crippen LogP contribution in [0.4, 0.5) is 0 Å². The summed E-state index contributed by atoms with van der Waals surface area (Å²) in [5.41, 5.74) is 0. The van der Waals surface area contributed by atoms with Gasteiger partial charge in [-0.3, -0.25) is 4.79 Å². The minimum absolute atomic E-state index is 0.422. The van der Waals surface area contributed by atoms with Gasteiger partial charge in [-0.2, -0.15) is 11.8 Å². The molecule has 2 heteroatoms. The van der Waals surface area contributed by atoms with Gasteiger partial charge in [-0.1, -0.05) is 19.3 Å². The Morgan fingerprint density at radius 1 is 1.33 bits per heavy atom. The average Bonchev–Trinajstić information content (AvgIpc) is 2.15. The van der Waals surface area contributed by atoms with Gasteiger partial charge in [0, 0.05) is 12.3 Å². The summed E-state index contributed by atoms with van der Waals surface area (Å²) < 4.78 is 0. The molecule has 0 aromatic heterocycles. The Balaban J connectivity index is 2.20. The van der Waals surface area contributed by atoms with Crippen LogP contribution in [0.15, 0.2) is 0 Å². The molecule has 12 heavy (non-hydrogen) atoms. The second-order valence-corrected chi connectivity index (χ2v) is 4.53. The number of hydrogen-bond acceptors (Lipinski definition) is 2. The third-order valence-corrected chi connectivity index (χ3v) is 3.23. The molecule has 0 aromatic carbocycles. The van der Waals surface area contributed by atoms with Gasteiger partial charge in [0.15, 0.2) is 0 Å². The lowest BCUT2D eigenvalue weighted by molar-refractivity contribution is -0.123. The van der Waals surface area contributed by atoms with Gasteiger partial charge in [0.05, 0.1) is 0 Å². The van der Waals surface area contributed by atoms with Gasteiger partial charge >= 0.3 is 0 Å². The molecular formula is C10H18OS. The van der Waals surface area contributed by atoms with E-state index in [9.17, 15) is 4.79 Å². The van der Waals surface area contributed by atoms with Crippen LogP contribution >= 0.6 is 11.8 Å². The predicted octanol–water partition coefficient (Wildman–Crippen LogP) is 2.89. The van der Waals surface area contributed by atoms with Crippen molar-refractivity contribution >= 4 is 17.5 Å². The van der Waals surface area contributed by atoms with Crippen LogP contribution in [-0.2, 0) is 4.79 Å². The second kappa shape index (κ2) is 5.63. The molecule has 0 bridgehead atoms. The van der Waals surface area contributed by atoms with Crippen molar-refractivity contribution in [2.75, 3.05) is 12.0 Å². The highest BCUT2D eigenvalue weighted by molar-refractivity contribution is 7.98. The van der Waals surface area contributed by atoms with E-state index in [4.69, 9.17) is 0 Å². The highest BCUT2D eigenvalue weighted by Gasteiger charge is 2.19. The van der Waals surface area contributed by atoms with Crippen molar-refractivity contribution in [1.82, 2.24) is 0 Å². The van der Waals surface area contributed by atoms with E-state index in [-0.39, 0.29) is 0 Å². The molecule has 0 amide bonds. The molecule has 0 aromatic rings. The van der Waals surface area contributed by atoms with Crippen LogP contribution in [0, 0.1) is 5.92 Å². The standard InChI is InChI=1S/C10H18OS/c1-12-8-7-10(11)9-5-3-2-4-6-9/h9H,2-8H2,1H3. The molecule has 0 heterocycles. The molecule has 0 aliphatic heterocycles. The molecule has 1 aliphatic carbocycles. The lowest BCUT2D eigenvalue weighted by Crippen LogP contribution is -2.17. The first kappa shape index (κ1) is 10.1. The molecule has 70 valence electrons. The van der Waals surface area contributed by atoms with Crippen LogP contribution in [0.25, 0.3) is 0 Å². The van der Waals surface area contributed by atoms with E-state index in [1.165, 1.54) is 19.3 Å². The molecule has 1 rings (SSSR count). The highest BCUT2D eigenvalue weighted by Crippen LogP contribution is 2.25. The summed E-state index contributed by atoms with van der Waals surface area (Å²) in [6, 6.07) is 0. The highest BCUT2D eigenvalue weighted by atomic mass is 32.2. The van der Waals surface area contributed by atoms with Crippen molar-refractivity contribution in [3.05, 3.63) is 0 Å². The van der Waals surface area contributed by atoms with E-state index in [1.54, 1.807) is 11.8 Å². The fraction of sp³-hybridized carbons (Fsp3) is 0.900. The largest absolute Gasteiger partial charge is 0.299 e. The molecule has 0 spiro atoms. The van der Waals surface area contributed by atoms with Crippen LogP contribution in [0.3, 0.4) is 0 Å². The maximum absolute atomic E-state index is 11.5. The Morgan fingerprint density at radius 2 is 2.00 bits per heavy atom. The molecule has 1 aliphatic rings. The van der Waals surface area contributed by atoms with Crippen LogP contribution < -0.4 is 0 Å². The minimum Gasteiger partial charge on any atom is -0.299 e. The van der Waals surface area contributed by atoms with Gasteiger partial charge in [-0.15, -0.1) is 0 Å². The van der Waals surface area contributed by atoms with Crippen LogP contribution in [0.2, 0.25) is 0 Å². The zero-order chi connectivity index (χ0) is 8.81. The first-order valence-electron chi connectivity index (χ1n) is 4.86. The molecule has 0 atom stereocenters. The topological polar surface area (TPSA) is 17.1 Å². The first-order valence-corrected chi connectivity index (χ1v) is 6.25. The van der Waals surface area contributed by atoms with Crippen LogP contribution in [0.5, 0.6) is 0 Å². The fourth-order valence-electron chi connectivity index (χ4n) is 1.83. The van der Waals surface area contributed by atoms with Gasteiger partial charge in [0.25, 0.3) is 0 Å². The molecule has 0 saturated heterocycles. The zero-order valence-corrected chi connectivity index (χ0v) is 8.66. The maximum Gasteiger partial charge on any atom is 0.136 e. The quantitative estimate of drug-likeness (QED) is 0.671. The molecule has 0 unspecified atom stereocenters. The van der Waals surface area contributed by atoms with Gasteiger partial charge in [-0.05, 0) is 24.9 Å². The zero-order valence-electron chi connectivity index (χ0n) is 7.84. The van der Waals surface area contributed by atoms with E-state index >= 15 is 0 Å². The van der Waals surface area contributed by atoms with Crippen molar-refractivity contribution in [1.29, 1.82) is 0 Å². The van der Waals surface area contributed by atoms with Crippen molar-refractivity contribution in [3.8, 4) is 0 Å². The van der Waals surface area contributed by atoms with Gasteiger partial charge in [-0.25, -0.2) is 0 Å². The third kappa shape index (κ3) is 3.18. The van der Waals surface area contributed by atoms with Crippen molar-refractivity contribution in [3.63, 3.8) is 0 Å². The maximum atomic E-state index is 11.5. The SMILES string of the molecule is CSCCC(=O)C1CCCCC1. The predicted molar refractivity (Wildman–Crippen MR) is 54.6 cm³/mol. The summed E-state index contributed by atoms with van der Waals surface area (Å²) in [6.45, 7) is 0. The number of carbonyl (C=O) groups is 1. The number of ketones is 1. The number of rotatable bonds is 4. The lowest BCUT2D eigenvalue weighted by atomic mass is 9.85. The van der Waals surface area contributed by atoms with Crippen molar-refractivity contribution < 1.29 is 4.79 Å². The van der Waals surface area contributed by atoms with Gasteiger partial charge in [0.2, 0.25) is 0 Å². The number of carbonyl (C=O) groups excluding carboxylic acids is 1. The smallest absolute Gasteiger partial charge is 0.136 e.